The second-order valence-corrected chi connectivity index (χ2v) is 5.65. The normalized spacial score (nSPS) is 10.4. The van der Waals surface area contributed by atoms with Gasteiger partial charge >= 0.3 is 0 Å². The molecule has 126 valence electrons. The van der Waals surface area contributed by atoms with Crippen molar-refractivity contribution in [1.82, 2.24) is 9.55 Å². The number of nitrogens with two attached hydrogens (primary N) is 1. The van der Waals surface area contributed by atoms with E-state index in [9.17, 15) is 0 Å². The summed E-state index contributed by atoms with van der Waals surface area (Å²) in [6.45, 7) is 0. The van der Waals surface area contributed by atoms with E-state index in [-0.39, 0.29) is 12.4 Å². The minimum Gasteiger partial charge on any atom is -0.497 e. The van der Waals surface area contributed by atoms with Crippen LogP contribution in [-0.2, 0) is 0 Å². The maximum absolute atomic E-state index is 5.84. The SMILES string of the molecule is COc1cccc(-c2cccc(-n3cnc4cc(N)ccc43)c2)c1.Cl. The summed E-state index contributed by atoms with van der Waals surface area (Å²) in [4.78, 5) is 4.45. The Labute approximate surface area is 152 Å². The van der Waals surface area contributed by atoms with Gasteiger partial charge in [0.05, 0.1) is 18.1 Å². The van der Waals surface area contributed by atoms with Crippen LogP contribution in [-0.4, -0.2) is 16.7 Å². The fourth-order valence-electron chi connectivity index (χ4n) is 2.87. The molecule has 0 spiro atoms. The van der Waals surface area contributed by atoms with Gasteiger partial charge in [-0.3, -0.25) is 4.57 Å². The second kappa shape index (κ2) is 6.87. The van der Waals surface area contributed by atoms with Crippen LogP contribution < -0.4 is 10.5 Å². The number of fused-ring (bicyclic) bond motifs is 1. The highest BCUT2D eigenvalue weighted by atomic mass is 35.5. The van der Waals surface area contributed by atoms with Crippen LogP contribution in [0.2, 0.25) is 0 Å². The van der Waals surface area contributed by atoms with Gasteiger partial charge in [0, 0.05) is 11.4 Å². The molecule has 3 aromatic carbocycles. The molecule has 25 heavy (non-hydrogen) atoms. The standard InChI is InChI=1S/C20H17N3O.ClH/c1-24-18-7-3-5-15(11-18)14-4-2-6-17(10-14)23-13-22-19-12-16(21)8-9-20(19)23;/h2-13H,21H2,1H3;1H. The van der Waals surface area contributed by atoms with Crippen molar-refractivity contribution in [3.63, 3.8) is 0 Å². The summed E-state index contributed by atoms with van der Waals surface area (Å²) in [5.74, 6) is 0.849. The monoisotopic (exact) mass is 351 g/mol. The van der Waals surface area contributed by atoms with E-state index in [2.05, 4.69) is 33.8 Å². The summed E-state index contributed by atoms with van der Waals surface area (Å²) in [5, 5.41) is 0. The zero-order valence-electron chi connectivity index (χ0n) is 13.7. The highest BCUT2D eigenvalue weighted by Gasteiger charge is 2.07. The third kappa shape index (κ3) is 3.16. The fourth-order valence-corrected chi connectivity index (χ4v) is 2.87. The van der Waals surface area contributed by atoms with Crippen LogP contribution in [0.5, 0.6) is 5.75 Å². The maximum atomic E-state index is 5.84. The van der Waals surface area contributed by atoms with Crippen molar-refractivity contribution in [3.05, 3.63) is 73.1 Å². The molecule has 0 unspecified atom stereocenters. The van der Waals surface area contributed by atoms with Gasteiger partial charge in [-0.2, -0.15) is 0 Å². The van der Waals surface area contributed by atoms with Gasteiger partial charge in [0.15, 0.2) is 0 Å². The Morgan fingerprint density at radius 3 is 2.48 bits per heavy atom. The lowest BCUT2D eigenvalue weighted by atomic mass is 10.0. The van der Waals surface area contributed by atoms with E-state index >= 15 is 0 Å². The molecular weight excluding hydrogens is 334 g/mol. The third-order valence-corrected chi connectivity index (χ3v) is 4.10. The van der Waals surface area contributed by atoms with E-state index in [0.29, 0.717) is 0 Å². The Kier molecular flexibility index (Phi) is 4.63. The van der Waals surface area contributed by atoms with Gasteiger partial charge in [-0.25, -0.2) is 4.98 Å². The first kappa shape index (κ1) is 16.9. The highest BCUT2D eigenvalue weighted by Crippen LogP contribution is 2.27. The maximum Gasteiger partial charge on any atom is 0.119 e. The topological polar surface area (TPSA) is 53.1 Å². The van der Waals surface area contributed by atoms with E-state index in [1.165, 1.54) is 0 Å². The number of methoxy groups -OCH3 is 1. The average molecular weight is 352 g/mol. The molecule has 0 aliphatic rings. The summed E-state index contributed by atoms with van der Waals surface area (Å²) in [6, 6.07) is 22.2. The molecule has 1 heterocycles. The van der Waals surface area contributed by atoms with Gasteiger partial charge in [0.2, 0.25) is 0 Å². The van der Waals surface area contributed by atoms with Gasteiger partial charge < -0.3 is 10.5 Å². The summed E-state index contributed by atoms with van der Waals surface area (Å²) in [6.07, 6.45) is 1.83. The molecule has 0 bridgehead atoms. The molecule has 5 heteroatoms. The molecule has 1 aromatic heterocycles. The number of rotatable bonds is 3. The first-order valence-corrected chi connectivity index (χ1v) is 7.72. The Morgan fingerprint density at radius 2 is 1.68 bits per heavy atom. The van der Waals surface area contributed by atoms with Crippen LogP contribution in [0.15, 0.2) is 73.1 Å². The van der Waals surface area contributed by atoms with Crippen LogP contribution in [0.3, 0.4) is 0 Å². The number of aromatic nitrogens is 2. The van der Waals surface area contributed by atoms with Crippen LogP contribution in [0, 0.1) is 0 Å². The van der Waals surface area contributed by atoms with Gasteiger partial charge in [0.1, 0.15) is 12.1 Å². The Morgan fingerprint density at radius 1 is 0.920 bits per heavy atom. The Balaban J connectivity index is 0.00000182. The molecule has 0 amide bonds. The van der Waals surface area contributed by atoms with Gasteiger partial charge in [0.25, 0.3) is 0 Å². The lowest BCUT2D eigenvalue weighted by Crippen LogP contribution is -1.93. The number of nitrogen functional groups attached to an aromatic ring is 1. The molecule has 4 aromatic rings. The summed E-state index contributed by atoms with van der Waals surface area (Å²) >= 11 is 0. The lowest BCUT2D eigenvalue weighted by Gasteiger charge is -2.09. The zero-order valence-corrected chi connectivity index (χ0v) is 14.5. The number of hydrogen-bond acceptors (Lipinski definition) is 3. The van der Waals surface area contributed by atoms with Gasteiger partial charge in [-0.05, 0) is 53.6 Å². The van der Waals surface area contributed by atoms with Crippen molar-refractivity contribution < 1.29 is 4.74 Å². The van der Waals surface area contributed by atoms with Crippen LogP contribution in [0.4, 0.5) is 5.69 Å². The van der Waals surface area contributed by atoms with E-state index < -0.39 is 0 Å². The van der Waals surface area contributed by atoms with Crippen molar-refractivity contribution in [2.75, 3.05) is 12.8 Å². The van der Waals surface area contributed by atoms with Crippen molar-refractivity contribution in [1.29, 1.82) is 0 Å². The van der Waals surface area contributed by atoms with Gasteiger partial charge in [-0.1, -0.05) is 24.3 Å². The number of imidazole rings is 1. The van der Waals surface area contributed by atoms with E-state index in [1.807, 2.05) is 48.8 Å². The van der Waals surface area contributed by atoms with Crippen molar-refractivity contribution in [2.24, 2.45) is 0 Å². The molecule has 0 aliphatic heterocycles. The van der Waals surface area contributed by atoms with Crippen molar-refractivity contribution in [2.45, 2.75) is 0 Å². The average Bonchev–Trinajstić information content (AvgIpc) is 3.05. The fraction of sp³-hybridized carbons (Fsp3) is 0.0500. The summed E-state index contributed by atoms with van der Waals surface area (Å²) in [5.41, 5.74) is 11.8. The van der Waals surface area contributed by atoms with Gasteiger partial charge in [-0.15, -0.1) is 12.4 Å². The largest absolute Gasteiger partial charge is 0.497 e. The molecule has 0 radical (unpaired) electrons. The van der Waals surface area contributed by atoms with Crippen molar-refractivity contribution in [3.8, 4) is 22.6 Å². The molecular formula is C20H18ClN3O. The summed E-state index contributed by atoms with van der Waals surface area (Å²) < 4.78 is 7.39. The third-order valence-electron chi connectivity index (χ3n) is 4.10. The van der Waals surface area contributed by atoms with E-state index in [0.717, 1.165) is 39.3 Å². The molecule has 0 aliphatic carbocycles. The Hall–Kier alpha value is -2.98. The number of ether oxygens (including phenoxy) is 1. The Bertz CT molecular complexity index is 1030. The van der Waals surface area contributed by atoms with E-state index in [4.69, 9.17) is 10.5 Å². The second-order valence-electron chi connectivity index (χ2n) is 5.65. The molecule has 0 fully saturated rings. The molecule has 4 rings (SSSR count). The molecule has 4 nitrogen and oxygen atoms in total. The predicted molar refractivity (Wildman–Crippen MR) is 105 cm³/mol. The number of nitrogens with zero attached hydrogens (tertiary/aromatic N) is 2. The number of hydrogen-bond donors (Lipinski definition) is 1. The predicted octanol–water partition coefficient (Wildman–Crippen LogP) is 4.71. The van der Waals surface area contributed by atoms with Crippen LogP contribution >= 0.6 is 12.4 Å². The van der Waals surface area contributed by atoms with Crippen LogP contribution in [0.25, 0.3) is 27.8 Å². The minimum atomic E-state index is 0. The lowest BCUT2D eigenvalue weighted by molar-refractivity contribution is 0.415. The summed E-state index contributed by atoms with van der Waals surface area (Å²) in [7, 11) is 1.68. The van der Waals surface area contributed by atoms with E-state index in [1.54, 1.807) is 7.11 Å². The van der Waals surface area contributed by atoms with Crippen LogP contribution in [0.1, 0.15) is 0 Å². The smallest absolute Gasteiger partial charge is 0.119 e. The minimum absolute atomic E-state index is 0. The molecule has 0 saturated carbocycles. The highest BCUT2D eigenvalue weighted by molar-refractivity contribution is 5.85. The molecule has 0 atom stereocenters. The quantitative estimate of drug-likeness (QED) is 0.544. The number of halogens is 1. The number of anilines is 1. The molecule has 0 saturated heterocycles. The van der Waals surface area contributed by atoms with Crippen molar-refractivity contribution >= 4 is 29.1 Å². The first-order chi connectivity index (χ1) is 11.7. The first-order valence-electron chi connectivity index (χ1n) is 7.72. The molecule has 2 N–H and O–H groups in total. The zero-order chi connectivity index (χ0) is 16.5. The number of benzene rings is 3.